The lowest BCUT2D eigenvalue weighted by Gasteiger charge is -2.34. The average Bonchev–Trinajstić information content (AvgIpc) is 2.20. The van der Waals surface area contributed by atoms with Gasteiger partial charge in [-0.2, -0.15) is 0 Å². The maximum atomic E-state index is 13.5. The lowest BCUT2D eigenvalue weighted by atomic mass is 9.82. The number of nitrogens with one attached hydrogen (secondary N) is 1. The molecule has 1 aliphatic carbocycles. The van der Waals surface area contributed by atoms with Crippen LogP contribution in [-0.4, -0.2) is 6.04 Å². The summed E-state index contributed by atoms with van der Waals surface area (Å²) >= 11 is 0. The van der Waals surface area contributed by atoms with Gasteiger partial charge in [0.2, 0.25) is 0 Å². The topological polar surface area (TPSA) is 12.0 Å². The predicted octanol–water partition coefficient (Wildman–Crippen LogP) is 3.20. The SMILES string of the molecule is CCC(CC)NC1Cc2cccc(F)c21. The Hall–Kier alpha value is -0.890. The van der Waals surface area contributed by atoms with E-state index >= 15 is 0 Å². The Morgan fingerprint density at radius 3 is 2.73 bits per heavy atom. The number of benzene rings is 1. The van der Waals surface area contributed by atoms with Gasteiger partial charge >= 0.3 is 0 Å². The molecule has 2 heteroatoms. The van der Waals surface area contributed by atoms with Crippen LogP contribution in [0.5, 0.6) is 0 Å². The molecule has 0 aliphatic heterocycles. The Kier molecular flexibility index (Phi) is 3.06. The summed E-state index contributed by atoms with van der Waals surface area (Å²) in [5.74, 6) is -0.0535. The molecular formula is C13H18FN. The maximum Gasteiger partial charge on any atom is 0.128 e. The molecule has 0 aromatic heterocycles. The third-order valence-electron chi connectivity index (χ3n) is 3.34. The molecule has 0 heterocycles. The van der Waals surface area contributed by atoms with Crippen LogP contribution >= 0.6 is 0 Å². The van der Waals surface area contributed by atoms with E-state index in [-0.39, 0.29) is 11.9 Å². The molecule has 1 aliphatic rings. The van der Waals surface area contributed by atoms with Crippen molar-refractivity contribution in [1.82, 2.24) is 5.32 Å². The fraction of sp³-hybridized carbons (Fsp3) is 0.538. The van der Waals surface area contributed by atoms with Gasteiger partial charge in [0.05, 0.1) is 0 Å². The van der Waals surface area contributed by atoms with Gasteiger partial charge in [0.25, 0.3) is 0 Å². The second-order valence-corrected chi connectivity index (χ2v) is 4.25. The molecule has 1 N–H and O–H groups in total. The highest BCUT2D eigenvalue weighted by Gasteiger charge is 2.29. The standard InChI is InChI=1S/C13H18FN/c1-3-10(4-2)15-12-8-9-6-5-7-11(14)13(9)12/h5-7,10,12,15H,3-4,8H2,1-2H3. The average molecular weight is 207 g/mol. The molecule has 1 aromatic carbocycles. The highest BCUT2D eigenvalue weighted by Crippen LogP contribution is 2.35. The zero-order valence-corrected chi connectivity index (χ0v) is 9.39. The van der Waals surface area contributed by atoms with Gasteiger partial charge in [-0.25, -0.2) is 4.39 Å². The summed E-state index contributed by atoms with van der Waals surface area (Å²) in [5.41, 5.74) is 2.06. The monoisotopic (exact) mass is 207 g/mol. The summed E-state index contributed by atoms with van der Waals surface area (Å²) in [5, 5.41) is 3.51. The molecule has 0 amide bonds. The number of rotatable bonds is 4. The number of hydrogen-bond acceptors (Lipinski definition) is 1. The van der Waals surface area contributed by atoms with Crippen LogP contribution in [0, 0.1) is 5.82 Å². The highest BCUT2D eigenvalue weighted by molar-refractivity contribution is 5.40. The van der Waals surface area contributed by atoms with Crippen molar-refractivity contribution in [3.63, 3.8) is 0 Å². The molecule has 82 valence electrons. The lowest BCUT2D eigenvalue weighted by Crippen LogP contribution is -2.38. The lowest BCUT2D eigenvalue weighted by molar-refractivity contribution is 0.373. The summed E-state index contributed by atoms with van der Waals surface area (Å²) in [4.78, 5) is 0. The van der Waals surface area contributed by atoms with Crippen LogP contribution in [0.25, 0.3) is 0 Å². The van der Waals surface area contributed by atoms with Gasteiger partial charge in [0.1, 0.15) is 5.82 Å². The van der Waals surface area contributed by atoms with Crippen LogP contribution in [0.4, 0.5) is 4.39 Å². The third kappa shape index (κ3) is 1.91. The maximum absolute atomic E-state index is 13.5. The zero-order chi connectivity index (χ0) is 10.8. The van der Waals surface area contributed by atoms with Gasteiger partial charge in [-0.3, -0.25) is 0 Å². The van der Waals surface area contributed by atoms with Gasteiger partial charge in [-0.15, -0.1) is 0 Å². The highest BCUT2D eigenvalue weighted by atomic mass is 19.1. The van der Waals surface area contributed by atoms with Crippen molar-refractivity contribution in [3.05, 3.63) is 35.1 Å². The summed E-state index contributed by atoms with van der Waals surface area (Å²) in [6.07, 6.45) is 3.19. The Morgan fingerprint density at radius 1 is 1.40 bits per heavy atom. The number of fused-ring (bicyclic) bond motifs is 1. The number of halogens is 1. The summed E-state index contributed by atoms with van der Waals surface area (Å²) < 4.78 is 13.5. The zero-order valence-electron chi connectivity index (χ0n) is 9.39. The quantitative estimate of drug-likeness (QED) is 0.799. The van der Waals surface area contributed by atoms with E-state index in [1.165, 1.54) is 5.56 Å². The van der Waals surface area contributed by atoms with Crippen molar-refractivity contribution in [2.24, 2.45) is 0 Å². The van der Waals surface area contributed by atoms with E-state index in [9.17, 15) is 4.39 Å². The van der Waals surface area contributed by atoms with E-state index in [2.05, 4.69) is 19.2 Å². The fourth-order valence-corrected chi connectivity index (χ4v) is 2.29. The van der Waals surface area contributed by atoms with Crippen LogP contribution < -0.4 is 5.32 Å². The molecule has 1 aromatic rings. The minimum atomic E-state index is -0.0535. The van der Waals surface area contributed by atoms with Gasteiger partial charge in [-0.1, -0.05) is 26.0 Å². The minimum absolute atomic E-state index is 0.0535. The molecular weight excluding hydrogens is 189 g/mol. The minimum Gasteiger partial charge on any atom is -0.307 e. The first-order valence-corrected chi connectivity index (χ1v) is 5.79. The number of hydrogen-bond donors (Lipinski definition) is 1. The molecule has 0 bridgehead atoms. The summed E-state index contributed by atoms with van der Waals surface area (Å²) in [7, 11) is 0. The Bertz CT molecular complexity index is 330. The Morgan fingerprint density at radius 2 is 2.13 bits per heavy atom. The summed E-state index contributed by atoms with van der Waals surface area (Å²) in [6.45, 7) is 4.34. The molecule has 1 atom stereocenters. The van der Waals surface area contributed by atoms with E-state index in [4.69, 9.17) is 0 Å². The first-order chi connectivity index (χ1) is 7.26. The van der Waals surface area contributed by atoms with Crippen LogP contribution in [0.2, 0.25) is 0 Å². The van der Waals surface area contributed by atoms with Gasteiger partial charge < -0.3 is 5.32 Å². The predicted molar refractivity (Wildman–Crippen MR) is 60.4 cm³/mol. The fourth-order valence-electron chi connectivity index (χ4n) is 2.29. The van der Waals surface area contributed by atoms with E-state index in [1.807, 2.05) is 6.07 Å². The van der Waals surface area contributed by atoms with E-state index in [0.717, 1.165) is 24.8 Å². The van der Waals surface area contributed by atoms with Gasteiger partial charge in [-0.05, 0) is 30.9 Å². The van der Waals surface area contributed by atoms with Crippen LogP contribution in [0.3, 0.4) is 0 Å². The Labute approximate surface area is 90.7 Å². The first kappa shape index (κ1) is 10.6. The molecule has 15 heavy (non-hydrogen) atoms. The molecule has 1 unspecified atom stereocenters. The second kappa shape index (κ2) is 4.31. The Balaban J connectivity index is 2.07. The molecule has 2 rings (SSSR count). The summed E-state index contributed by atoms with van der Waals surface area (Å²) in [6, 6.07) is 6.12. The van der Waals surface area contributed by atoms with Crippen LogP contribution in [0.15, 0.2) is 18.2 Å². The normalized spacial score (nSPS) is 18.8. The van der Waals surface area contributed by atoms with Crippen LogP contribution in [-0.2, 0) is 6.42 Å². The molecule has 0 saturated carbocycles. The van der Waals surface area contributed by atoms with Crippen LogP contribution in [0.1, 0.15) is 43.9 Å². The largest absolute Gasteiger partial charge is 0.307 e. The smallest absolute Gasteiger partial charge is 0.128 e. The molecule has 0 spiro atoms. The third-order valence-corrected chi connectivity index (χ3v) is 3.34. The second-order valence-electron chi connectivity index (χ2n) is 4.25. The van der Waals surface area contributed by atoms with Gasteiger partial charge in [0, 0.05) is 17.6 Å². The molecule has 0 saturated heterocycles. The van der Waals surface area contributed by atoms with E-state index < -0.39 is 0 Å². The first-order valence-electron chi connectivity index (χ1n) is 5.79. The molecule has 0 radical (unpaired) electrons. The van der Waals surface area contributed by atoms with Crippen molar-refractivity contribution in [3.8, 4) is 0 Å². The molecule has 1 nitrogen and oxygen atoms in total. The van der Waals surface area contributed by atoms with Crippen molar-refractivity contribution in [2.75, 3.05) is 0 Å². The van der Waals surface area contributed by atoms with E-state index in [1.54, 1.807) is 12.1 Å². The van der Waals surface area contributed by atoms with Crippen molar-refractivity contribution < 1.29 is 4.39 Å². The molecule has 0 fully saturated rings. The van der Waals surface area contributed by atoms with Crippen molar-refractivity contribution >= 4 is 0 Å². The van der Waals surface area contributed by atoms with Crippen molar-refractivity contribution in [2.45, 2.75) is 45.2 Å². The van der Waals surface area contributed by atoms with E-state index in [0.29, 0.717) is 6.04 Å². The van der Waals surface area contributed by atoms with Crippen molar-refractivity contribution in [1.29, 1.82) is 0 Å². The van der Waals surface area contributed by atoms with Gasteiger partial charge in [0.15, 0.2) is 0 Å².